The summed E-state index contributed by atoms with van der Waals surface area (Å²) in [6.45, 7) is 0. The molecule has 0 saturated carbocycles. The van der Waals surface area contributed by atoms with Crippen LogP contribution in [0.3, 0.4) is 0 Å². The van der Waals surface area contributed by atoms with E-state index < -0.39 is 0 Å². The number of rotatable bonds is 2. The second-order valence-electron chi connectivity index (χ2n) is 5.19. The number of hydrogen-bond acceptors (Lipinski definition) is 2. The van der Waals surface area contributed by atoms with Crippen LogP contribution >= 0.6 is 23.2 Å². The summed E-state index contributed by atoms with van der Waals surface area (Å²) in [7, 11) is 0. The Hall–Kier alpha value is -2.29. The van der Waals surface area contributed by atoms with Crippen LogP contribution in [-0.2, 0) is 0 Å². The average molecular weight is 340 g/mol. The molecule has 0 unspecified atom stereocenters. The molecule has 4 aromatic rings. The minimum atomic E-state index is 0.552. The highest BCUT2D eigenvalue weighted by Gasteiger charge is 2.14. The summed E-state index contributed by atoms with van der Waals surface area (Å²) >= 11 is 12.2. The Bertz CT molecular complexity index is 976. The Morgan fingerprint density at radius 2 is 1.48 bits per heavy atom. The monoisotopic (exact) mass is 339 g/mol. The van der Waals surface area contributed by atoms with Crippen LogP contribution in [0.15, 0.2) is 71.1 Å². The van der Waals surface area contributed by atoms with Gasteiger partial charge in [0.25, 0.3) is 0 Å². The Balaban J connectivity index is 1.93. The highest BCUT2D eigenvalue weighted by molar-refractivity contribution is 6.31. The number of hydrogen-bond donors (Lipinski definition) is 0. The van der Waals surface area contributed by atoms with Gasteiger partial charge in [0.05, 0.1) is 0 Å². The van der Waals surface area contributed by atoms with E-state index in [1.807, 2.05) is 60.7 Å². The maximum atomic E-state index is 6.24. The normalized spacial score (nSPS) is 11.0. The molecule has 0 bridgehead atoms. The summed E-state index contributed by atoms with van der Waals surface area (Å²) in [6.07, 6.45) is 0. The summed E-state index contributed by atoms with van der Waals surface area (Å²) in [5.74, 6) is 0.552. The number of fused-ring (bicyclic) bond motifs is 1. The highest BCUT2D eigenvalue weighted by Crippen LogP contribution is 2.34. The first-order valence-electron chi connectivity index (χ1n) is 7.12. The van der Waals surface area contributed by atoms with E-state index >= 15 is 0 Å². The SMILES string of the molecule is Clc1ccc(-c2nc3c(-c4ccccc4)cc(Cl)cc3o2)cc1. The molecule has 0 fully saturated rings. The third kappa shape index (κ3) is 2.72. The van der Waals surface area contributed by atoms with Gasteiger partial charge in [-0.2, -0.15) is 0 Å². The molecule has 0 aliphatic heterocycles. The summed E-state index contributed by atoms with van der Waals surface area (Å²) in [5, 5.41) is 1.30. The highest BCUT2D eigenvalue weighted by atomic mass is 35.5. The third-order valence-electron chi connectivity index (χ3n) is 3.64. The summed E-state index contributed by atoms with van der Waals surface area (Å²) in [6, 6.07) is 21.1. The van der Waals surface area contributed by atoms with Crippen molar-refractivity contribution in [2.45, 2.75) is 0 Å². The van der Waals surface area contributed by atoms with E-state index in [0.717, 1.165) is 22.2 Å². The van der Waals surface area contributed by atoms with Crippen molar-refractivity contribution < 1.29 is 4.42 Å². The number of benzene rings is 3. The molecule has 23 heavy (non-hydrogen) atoms. The first-order valence-corrected chi connectivity index (χ1v) is 7.88. The summed E-state index contributed by atoms with van der Waals surface area (Å²) < 4.78 is 5.90. The molecule has 1 heterocycles. The minimum absolute atomic E-state index is 0.552. The largest absolute Gasteiger partial charge is 0.436 e. The van der Waals surface area contributed by atoms with Gasteiger partial charge < -0.3 is 4.42 Å². The molecule has 0 amide bonds. The first kappa shape index (κ1) is 14.3. The van der Waals surface area contributed by atoms with Crippen LogP contribution in [0, 0.1) is 0 Å². The predicted molar refractivity (Wildman–Crippen MR) is 94.9 cm³/mol. The van der Waals surface area contributed by atoms with E-state index in [2.05, 4.69) is 4.98 Å². The second-order valence-corrected chi connectivity index (χ2v) is 6.06. The van der Waals surface area contributed by atoms with Crippen LogP contribution in [0.2, 0.25) is 10.0 Å². The zero-order chi connectivity index (χ0) is 15.8. The van der Waals surface area contributed by atoms with Crippen molar-refractivity contribution >= 4 is 34.3 Å². The molecule has 3 aromatic carbocycles. The van der Waals surface area contributed by atoms with Crippen molar-refractivity contribution in [1.29, 1.82) is 0 Å². The van der Waals surface area contributed by atoms with Crippen molar-refractivity contribution in [3.63, 3.8) is 0 Å². The van der Waals surface area contributed by atoms with Crippen molar-refractivity contribution in [1.82, 2.24) is 4.98 Å². The van der Waals surface area contributed by atoms with Crippen molar-refractivity contribution in [2.75, 3.05) is 0 Å². The van der Waals surface area contributed by atoms with Gasteiger partial charge in [-0.1, -0.05) is 53.5 Å². The molecule has 4 heteroatoms. The van der Waals surface area contributed by atoms with Gasteiger partial charge in [0, 0.05) is 27.2 Å². The lowest BCUT2D eigenvalue weighted by atomic mass is 10.0. The number of halogens is 2. The van der Waals surface area contributed by atoms with E-state index in [0.29, 0.717) is 21.5 Å². The Morgan fingerprint density at radius 3 is 2.22 bits per heavy atom. The van der Waals surface area contributed by atoms with Gasteiger partial charge >= 0.3 is 0 Å². The molecule has 4 rings (SSSR count). The fourth-order valence-corrected chi connectivity index (χ4v) is 2.88. The molecular weight excluding hydrogens is 329 g/mol. The van der Waals surface area contributed by atoms with E-state index in [1.165, 1.54) is 0 Å². The van der Waals surface area contributed by atoms with Crippen molar-refractivity contribution in [3.05, 3.63) is 76.8 Å². The summed E-state index contributed by atoms with van der Waals surface area (Å²) in [5.41, 5.74) is 4.35. The van der Waals surface area contributed by atoms with Gasteiger partial charge in [0.2, 0.25) is 5.89 Å². The minimum Gasteiger partial charge on any atom is -0.436 e. The van der Waals surface area contributed by atoms with Crippen LogP contribution in [0.5, 0.6) is 0 Å². The van der Waals surface area contributed by atoms with E-state index in [1.54, 1.807) is 6.07 Å². The Kier molecular flexibility index (Phi) is 3.56. The van der Waals surface area contributed by atoms with Gasteiger partial charge in [-0.3, -0.25) is 0 Å². The van der Waals surface area contributed by atoms with Crippen LogP contribution in [-0.4, -0.2) is 4.98 Å². The smallest absolute Gasteiger partial charge is 0.227 e. The first-order chi connectivity index (χ1) is 11.2. The van der Waals surface area contributed by atoms with Crippen LogP contribution in [0.25, 0.3) is 33.7 Å². The maximum Gasteiger partial charge on any atom is 0.227 e. The summed E-state index contributed by atoms with van der Waals surface area (Å²) in [4.78, 5) is 4.66. The van der Waals surface area contributed by atoms with Gasteiger partial charge in [-0.25, -0.2) is 4.98 Å². The number of nitrogens with zero attached hydrogens (tertiary/aromatic N) is 1. The molecule has 1 aromatic heterocycles. The molecule has 0 N–H and O–H groups in total. The predicted octanol–water partition coefficient (Wildman–Crippen LogP) is 6.47. The van der Waals surface area contributed by atoms with E-state index in [-0.39, 0.29) is 0 Å². The lowest BCUT2D eigenvalue weighted by molar-refractivity contribution is 0.620. The Labute approximate surface area is 143 Å². The van der Waals surface area contributed by atoms with Crippen LogP contribution in [0.4, 0.5) is 0 Å². The van der Waals surface area contributed by atoms with Gasteiger partial charge in [0.15, 0.2) is 5.58 Å². The molecule has 112 valence electrons. The average Bonchev–Trinajstić information content (AvgIpc) is 2.99. The fourth-order valence-electron chi connectivity index (χ4n) is 2.55. The lowest BCUT2D eigenvalue weighted by Gasteiger charge is -2.02. The number of aromatic nitrogens is 1. The molecule has 0 atom stereocenters. The molecule has 0 saturated heterocycles. The standard InChI is InChI=1S/C19H11Cl2NO/c20-14-8-6-13(7-9-14)19-22-18-16(12-4-2-1-3-5-12)10-15(21)11-17(18)23-19/h1-11H. The maximum absolute atomic E-state index is 6.24. The van der Waals surface area contributed by atoms with Gasteiger partial charge in [-0.05, 0) is 35.9 Å². The topological polar surface area (TPSA) is 26.0 Å². The molecule has 0 spiro atoms. The quantitative estimate of drug-likeness (QED) is 0.418. The molecule has 0 radical (unpaired) electrons. The van der Waals surface area contributed by atoms with E-state index in [4.69, 9.17) is 27.6 Å². The van der Waals surface area contributed by atoms with E-state index in [9.17, 15) is 0 Å². The van der Waals surface area contributed by atoms with Crippen LogP contribution < -0.4 is 0 Å². The number of oxazole rings is 1. The zero-order valence-corrected chi connectivity index (χ0v) is 13.5. The van der Waals surface area contributed by atoms with Crippen LogP contribution in [0.1, 0.15) is 0 Å². The second kappa shape index (κ2) is 5.73. The molecular formula is C19H11Cl2NO. The lowest BCUT2D eigenvalue weighted by Crippen LogP contribution is -1.81. The van der Waals surface area contributed by atoms with Gasteiger partial charge in [-0.15, -0.1) is 0 Å². The third-order valence-corrected chi connectivity index (χ3v) is 4.11. The fraction of sp³-hybridized carbons (Fsp3) is 0. The van der Waals surface area contributed by atoms with Gasteiger partial charge in [0.1, 0.15) is 5.52 Å². The van der Waals surface area contributed by atoms with Crippen molar-refractivity contribution in [3.8, 4) is 22.6 Å². The Morgan fingerprint density at radius 1 is 0.739 bits per heavy atom. The zero-order valence-electron chi connectivity index (χ0n) is 12.0. The molecule has 0 aliphatic carbocycles. The van der Waals surface area contributed by atoms with Crippen molar-refractivity contribution in [2.24, 2.45) is 0 Å². The molecule has 2 nitrogen and oxygen atoms in total. The molecule has 0 aliphatic rings.